The van der Waals surface area contributed by atoms with Gasteiger partial charge in [0, 0.05) is 25.7 Å². The Morgan fingerprint density at radius 1 is 1.24 bits per heavy atom. The zero-order valence-electron chi connectivity index (χ0n) is 13.4. The van der Waals surface area contributed by atoms with Crippen molar-refractivity contribution in [2.75, 3.05) is 37.7 Å². The highest BCUT2D eigenvalue weighted by Crippen LogP contribution is 2.25. The van der Waals surface area contributed by atoms with E-state index in [1.807, 2.05) is 12.1 Å². The quantitative estimate of drug-likeness (QED) is 0.920. The zero-order chi connectivity index (χ0) is 15.3. The molecular weight excluding hydrogens is 267 g/mol. The minimum Gasteiger partial charge on any atom is -0.493 e. The van der Waals surface area contributed by atoms with Crippen molar-refractivity contribution in [1.29, 1.82) is 0 Å². The molecule has 0 aliphatic carbocycles. The van der Waals surface area contributed by atoms with E-state index in [9.17, 15) is 4.39 Å². The first kappa shape index (κ1) is 16.1. The number of hydrogen-bond donors (Lipinski definition) is 1. The van der Waals surface area contributed by atoms with Gasteiger partial charge in [0.25, 0.3) is 0 Å². The van der Waals surface area contributed by atoms with Crippen LogP contribution in [0.1, 0.15) is 33.6 Å². The Bertz CT molecular complexity index is 449. The van der Waals surface area contributed by atoms with Crippen molar-refractivity contribution in [2.45, 2.75) is 33.6 Å². The second-order valence-corrected chi connectivity index (χ2v) is 6.86. The highest BCUT2D eigenvalue weighted by molar-refractivity contribution is 5.50. The van der Waals surface area contributed by atoms with Crippen LogP contribution < -0.4 is 15.0 Å². The van der Waals surface area contributed by atoms with Gasteiger partial charge in [-0.2, -0.15) is 0 Å². The van der Waals surface area contributed by atoms with Crippen LogP contribution in [-0.2, 0) is 0 Å². The summed E-state index contributed by atoms with van der Waals surface area (Å²) in [4.78, 5) is 2.11. The summed E-state index contributed by atoms with van der Waals surface area (Å²) >= 11 is 0. The molecule has 4 heteroatoms. The highest BCUT2D eigenvalue weighted by Gasteiger charge is 2.15. The Morgan fingerprint density at radius 2 is 2.05 bits per heavy atom. The first-order chi connectivity index (χ1) is 9.96. The number of benzene rings is 1. The van der Waals surface area contributed by atoms with Crippen LogP contribution in [-0.4, -0.2) is 32.8 Å². The summed E-state index contributed by atoms with van der Waals surface area (Å²) in [5, 5.41) is 3.33. The van der Waals surface area contributed by atoms with E-state index >= 15 is 0 Å². The Hall–Kier alpha value is -1.29. The predicted octanol–water partition coefficient (Wildman–Crippen LogP) is 3.44. The molecule has 0 bridgehead atoms. The lowest BCUT2D eigenvalue weighted by molar-refractivity contribution is 0.242. The monoisotopic (exact) mass is 294 g/mol. The number of hydrogen-bond acceptors (Lipinski definition) is 3. The summed E-state index contributed by atoms with van der Waals surface area (Å²) in [6, 6.07) is 5.22. The van der Waals surface area contributed by atoms with Gasteiger partial charge in [0.15, 0.2) is 0 Å². The van der Waals surface area contributed by atoms with Crippen molar-refractivity contribution in [3.8, 4) is 5.75 Å². The van der Waals surface area contributed by atoms with E-state index in [0.717, 1.165) is 39.0 Å². The maximum absolute atomic E-state index is 14.3. The minimum atomic E-state index is -0.190. The Labute approximate surface area is 127 Å². The third-order valence-corrected chi connectivity index (χ3v) is 3.72. The Morgan fingerprint density at radius 3 is 2.76 bits per heavy atom. The fraction of sp³-hybridized carbons (Fsp3) is 0.647. The largest absolute Gasteiger partial charge is 0.493 e. The van der Waals surface area contributed by atoms with Gasteiger partial charge in [-0.05, 0) is 36.9 Å². The van der Waals surface area contributed by atoms with Crippen LogP contribution in [0.5, 0.6) is 5.75 Å². The van der Waals surface area contributed by atoms with Gasteiger partial charge in [-0.25, -0.2) is 4.39 Å². The first-order valence-corrected chi connectivity index (χ1v) is 7.84. The molecule has 1 aliphatic rings. The van der Waals surface area contributed by atoms with Crippen LogP contribution in [0, 0.1) is 11.2 Å². The normalized spacial score (nSPS) is 16.7. The standard InChI is InChI=1S/C17H27FN2O/c1-17(2,3)7-12-21-14-5-6-16(15(18)13-14)20-10-4-8-19-9-11-20/h5-6,13,19H,4,7-12H2,1-3H3. The molecular formula is C17H27FN2O. The third kappa shape index (κ3) is 5.20. The molecule has 1 aliphatic heterocycles. The van der Waals surface area contributed by atoms with Gasteiger partial charge in [0.1, 0.15) is 11.6 Å². The Balaban J connectivity index is 1.96. The first-order valence-electron chi connectivity index (χ1n) is 7.84. The van der Waals surface area contributed by atoms with Crippen molar-refractivity contribution < 1.29 is 9.13 Å². The molecule has 0 saturated carbocycles. The number of halogens is 1. The average molecular weight is 294 g/mol. The van der Waals surface area contributed by atoms with E-state index in [4.69, 9.17) is 4.74 Å². The molecule has 0 aromatic heterocycles. The topological polar surface area (TPSA) is 24.5 Å². The van der Waals surface area contributed by atoms with Crippen molar-refractivity contribution >= 4 is 5.69 Å². The molecule has 0 spiro atoms. The SMILES string of the molecule is CC(C)(C)CCOc1ccc(N2CCCNCC2)c(F)c1. The number of rotatable bonds is 4. The number of anilines is 1. The van der Waals surface area contributed by atoms with E-state index in [2.05, 4.69) is 31.0 Å². The molecule has 118 valence electrons. The number of nitrogens with zero attached hydrogens (tertiary/aromatic N) is 1. The van der Waals surface area contributed by atoms with Gasteiger partial charge in [-0.1, -0.05) is 20.8 Å². The molecule has 1 aromatic carbocycles. The highest BCUT2D eigenvalue weighted by atomic mass is 19.1. The van der Waals surface area contributed by atoms with Crippen LogP contribution in [0.15, 0.2) is 18.2 Å². The number of nitrogens with one attached hydrogen (secondary N) is 1. The van der Waals surface area contributed by atoms with Crippen LogP contribution in [0.4, 0.5) is 10.1 Å². The van der Waals surface area contributed by atoms with Gasteiger partial charge in [-0.15, -0.1) is 0 Å². The summed E-state index contributed by atoms with van der Waals surface area (Å²) in [5.41, 5.74) is 0.916. The molecule has 0 amide bonds. The maximum atomic E-state index is 14.3. The van der Waals surface area contributed by atoms with E-state index in [-0.39, 0.29) is 11.2 Å². The van der Waals surface area contributed by atoms with Crippen LogP contribution in [0.3, 0.4) is 0 Å². The Kier molecular flexibility index (Phi) is 5.45. The molecule has 1 N–H and O–H groups in total. The van der Waals surface area contributed by atoms with Crippen molar-refractivity contribution in [2.24, 2.45) is 5.41 Å². The van der Waals surface area contributed by atoms with Gasteiger partial charge in [0.2, 0.25) is 0 Å². The van der Waals surface area contributed by atoms with E-state index in [1.165, 1.54) is 6.07 Å². The molecule has 1 heterocycles. The minimum absolute atomic E-state index is 0.190. The molecule has 1 aromatic rings. The van der Waals surface area contributed by atoms with Crippen LogP contribution in [0.25, 0.3) is 0 Å². The molecule has 0 radical (unpaired) electrons. The van der Waals surface area contributed by atoms with E-state index < -0.39 is 0 Å². The zero-order valence-corrected chi connectivity index (χ0v) is 13.4. The maximum Gasteiger partial charge on any atom is 0.150 e. The van der Waals surface area contributed by atoms with Gasteiger partial charge >= 0.3 is 0 Å². The molecule has 3 nitrogen and oxygen atoms in total. The summed E-state index contributed by atoms with van der Waals surface area (Å²) in [5.74, 6) is 0.429. The second kappa shape index (κ2) is 7.12. The lowest BCUT2D eigenvalue weighted by atomic mass is 9.93. The number of ether oxygens (including phenoxy) is 1. The van der Waals surface area contributed by atoms with E-state index in [1.54, 1.807) is 0 Å². The smallest absolute Gasteiger partial charge is 0.150 e. The van der Waals surface area contributed by atoms with Crippen molar-refractivity contribution in [1.82, 2.24) is 5.32 Å². The van der Waals surface area contributed by atoms with Gasteiger partial charge in [0.05, 0.1) is 12.3 Å². The van der Waals surface area contributed by atoms with Crippen molar-refractivity contribution in [3.05, 3.63) is 24.0 Å². The van der Waals surface area contributed by atoms with Crippen LogP contribution >= 0.6 is 0 Å². The lowest BCUT2D eigenvalue weighted by Gasteiger charge is -2.23. The van der Waals surface area contributed by atoms with Crippen molar-refractivity contribution in [3.63, 3.8) is 0 Å². The predicted molar refractivity (Wildman–Crippen MR) is 85.7 cm³/mol. The molecule has 1 saturated heterocycles. The lowest BCUT2D eigenvalue weighted by Crippen LogP contribution is -2.28. The molecule has 2 rings (SSSR count). The van der Waals surface area contributed by atoms with Gasteiger partial charge < -0.3 is 15.0 Å². The third-order valence-electron chi connectivity index (χ3n) is 3.72. The summed E-state index contributed by atoms with van der Waals surface area (Å²) < 4.78 is 19.9. The second-order valence-electron chi connectivity index (χ2n) is 6.86. The fourth-order valence-electron chi connectivity index (χ4n) is 2.40. The molecule has 21 heavy (non-hydrogen) atoms. The van der Waals surface area contributed by atoms with E-state index in [0.29, 0.717) is 18.0 Å². The molecule has 0 atom stereocenters. The fourth-order valence-corrected chi connectivity index (χ4v) is 2.40. The summed E-state index contributed by atoms with van der Waals surface area (Å²) in [7, 11) is 0. The van der Waals surface area contributed by atoms with Crippen LogP contribution in [0.2, 0.25) is 0 Å². The molecule has 1 fully saturated rings. The summed E-state index contributed by atoms with van der Waals surface area (Å²) in [6.45, 7) is 10.8. The summed E-state index contributed by atoms with van der Waals surface area (Å²) in [6.07, 6.45) is 2.00. The molecule has 0 unspecified atom stereocenters. The van der Waals surface area contributed by atoms with Gasteiger partial charge in [-0.3, -0.25) is 0 Å². The average Bonchev–Trinajstić information content (AvgIpc) is 2.66.